The van der Waals surface area contributed by atoms with Gasteiger partial charge < -0.3 is 19.5 Å². The molecule has 166 valence electrons. The lowest BCUT2D eigenvalue weighted by atomic mass is 9.66. The number of methoxy groups -OCH3 is 2. The second-order valence-corrected chi connectivity index (χ2v) is 8.83. The first-order valence-corrected chi connectivity index (χ1v) is 11.3. The van der Waals surface area contributed by atoms with Crippen LogP contribution in [0.15, 0.2) is 48.5 Å². The summed E-state index contributed by atoms with van der Waals surface area (Å²) in [7, 11) is 3.28. The van der Waals surface area contributed by atoms with Crippen molar-refractivity contribution >= 4 is 5.91 Å². The van der Waals surface area contributed by atoms with Gasteiger partial charge in [-0.3, -0.25) is 4.79 Å². The van der Waals surface area contributed by atoms with Crippen LogP contribution in [0.1, 0.15) is 55.7 Å². The smallest absolute Gasteiger partial charge is 0.223 e. The average molecular weight is 424 g/mol. The molecule has 2 aromatic carbocycles. The molecule has 1 amide bonds. The molecule has 1 saturated carbocycles. The Labute approximate surface area is 185 Å². The van der Waals surface area contributed by atoms with Crippen molar-refractivity contribution in [2.75, 3.05) is 20.8 Å². The Bertz CT molecular complexity index is 900. The lowest BCUT2D eigenvalue weighted by Gasteiger charge is -2.52. The summed E-state index contributed by atoms with van der Waals surface area (Å²) in [6.45, 7) is 0.570. The normalized spacial score (nSPS) is 25.6. The minimum Gasteiger partial charge on any atom is -0.497 e. The number of hydrogen-bond acceptors (Lipinski definition) is 4. The maximum atomic E-state index is 13.4. The number of amides is 1. The van der Waals surface area contributed by atoms with Crippen LogP contribution in [0.25, 0.3) is 0 Å². The van der Waals surface area contributed by atoms with E-state index in [1.165, 1.54) is 5.56 Å². The summed E-state index contributed by atoms with van der Waals surface area (Å²) in [6.07, 6.45) is 5.67. The zero-order valence-electron chi connectivity index (χ0n) is 18.5. The molecule has 0 unspecified atom stereocenters. The van der Waals surface area contributed by atoms with E-state index in [0.717, 1.165) is 43.4 Å². The van der Waals surface area contributed by atoms with Gasteiger partial charge in [0, 0.05) is 30.5 Å². The fraction of sp³-hybridized carbons (Fsp3) is 0.500. The summed E-state index contributed by atoms with van der Waals surface area (Å²) in [6, 6.07) is 15.7. The van der Waals surface area contributed by atoms with Crippen molar-refractivity contribution < 1.29 is 19.4 Å². The van der Waals surface area contributed by atoms with Crippen LogP contribution in [0.3, 0.4) is 0 Å². The van der Waals surface area contributed by atoms with Crippen LogP contribution >= 0.6 is 0 Å². The highest BCUT2D eigenvalue weighted by molar-refractivity contribution is 5.77. The van der Waals surface area contributed by atoms with Crippen molar-refractivity contribution in [1.82, 2.24) is 4.90 Å². The van der Waals surface area contributed by atoms with Gasteiger partial charge in [-0.15, -0.1) is 0 Å². The van der Waals surface area contributed by atoms with Gasteiger partial charge in [0.25, 0.3) is 0 Å². The molecule has 0 bridgehead atoms. The Morgan fingerprint density at radius 2 is 1.90 bits per heavy atom. The number of rotatable bonds is 6. The average Bonchev–Trinajstić information content (AvgIpc) is 2.81. The topological polar surface area (TPSA) is 59.0 Å². The molecular formula is C26H33NO4. The lowest BCUT2D eigenvalue weighted by molar-refractivity contribution is -0.155. The van der Waals surface area contributed by atoms with Crippen molar-refractivity contribution in [3.63, 3.8) is 0 Å². The Hall–Kier alpha value is -2.53. The quantitative estimate of drug-likeness (QED) is 0.742. The Morgan fingerprint density at radius 3 is 2.65 bits per heavy atom. The van der Waals surface area contributed by atoms with Gasteiger partial charge in [-0.2, -0.15) is 0 Å². The van der Waals surface area contributed by atoms with Crippen molar-refractivity contribution in [1.29, 1.82) is 0 Å². The van der Waals surface area contributed by atoms with Crippen LogP contribution < -0.4 is 9.47 Å². The number of piperidine rings is 1. The summed E-state index contributed by atoms with van der Waals surface area (Å²) in [5.41, 5.74) is 1.41. The molecule has 0 radical (unpaired) electrons. The first-order valence-electron chi connectivity index (χ1n) is 11.3. The number of carbonyl (C=O) groups excluding carboxylic acids is 1. The molecule has 1 heterocycles. The molecule has 0 spiro atoms. The molecule has 31 heavy (non-hydrogen) atoms. The van der Waals surface area contributed by atoms with Gasteiger partial charge >= 0.3 is 0 Å². The zero-order valence-corrected chi connectivity index (χ0v) is 18.5. The van der Waals surface area contributed by atoms with E-state index in [2.05, 4.69) is 12.1 Å². The molecule has 1 aliphatic heterocycles. The molecule has 4 rings (SSSR count). The predicted octanol–water partition coefficient (Wildman–Crippen LogP) is 4.53. The number of likely N-dealkylation sites (tertiary alicyclic amines) is 1. The van der Waals surface area contributed by atoms with E-state index >= 15 is 0 Å². The highest BCUT2D eigenvalue weighted by Gasteiger charge is 2.50. The third kappa shape index (κ3) is 4.42. The number of aliphatic hydroxyl groups is 1. The maximum absolute atomic E-state index is 13.4. The van der Waals surface area contributed by atoms with Crippen molar-refractivity contribution in [3.8, 4) is 11.5 Å². The standard InChI is InChI=1S/C26H33NO4/c1-30-20-12-13-21(23(18-20)31-2)25-22-10-6-7-15-26(22,29)16-17-27(25)24(28)14-11-19-8-4-3-5-9-19/h3-5,8-9,12-13,18,22,25,29H,6-7,10-11,14-17H2,1-2H3/t22-,25+,26-/m1/s1. The predicted molar refractivity (Wildman–Crippen MR) is 120 cm³/mol. The number of ether oxygens (including phenoxy) is 2. The van der Waals surface area contributed by atoms with E-state index < -0.39 is 5.60 Å². The molecule has 2 fully saturated rings. The van der Waals surface area contributed by atoms with Gasteiger partial charge in [0.2, 0.25) is 5.91 Å². The van der Waals surface area contributed by atoms with Gasteiger partial charge in [0.1, 0.15) is 11.5 Å². The third-order valence-corrected chi connectivity index (χ3v) is 7.12. The first kappa shape index (κ1) is 21.7. The van der Waals surface area contributed by atoms with Gasteiger partial charge in [0.05, 0.1) is 25.9 Å². The fourth-order valence-corrected chi connectivity index (χ4v) is 5.45. The Morgan fingerprint density at radius 1 is 1.10 bits per heavy atom. The van der Waals surface area contributed by atoms with E-state index in [1.54, 1.807) is 14.2 Å². The van der Waals surface area contributed by atoms with Gasteiger partial charge in [-0.1, -0.05) is 43.2 Å². The summed E-state index contributed by atoms with van der Waals surface area (Å²) in [5.74, 6) is 1.58. The molecule has 5 nitrogen and oxygen atoms in total. The molecular weight excluding hydrogens is 390 g/mol. The molecule has 3 atom stereocenters. The first-order chi connectivity index (χ1) is 15.1. The molecule has 1 saturated heterocycles. The number of aryl methyl sites for hydroxylation is 1. The SMILES string of the molecule is COc1ccc([C@H]2[C@H]3CCCC[C@@]3(O)CCN2C(=O)CCc2ccccc2)c(OC)c1. The number of hydrogen-bond donors (Lipinski definition) is 1. The van der Waals surface area contributed by atoms with Gasteiger partial charge in [0.15, 0.2) is 0 Å². The van der Waals surface area contributed by atoms with Gasteiger partial charge in [-0.25, -0.2) is 0 Å². The van der Waals surface area contributed by atoms with Crippen LogP contribution in [0.2, 0.25) is 0 Å². The monoisotopic (exact) mass is 423 g/mol. The largest absolute Gasteiger partial charge is 0.497 e. The lowest BCUT2D eigenvalue weighted by Crippen LogP contribution is -2.56. The highest BCUT2D eigenvalue weighted by Crippen LogP contribution is 2.51. The van der Waals surface area contributed by atoms with E-state index in [-0.39, 0.29) is 17.9 Å². The summed E-state index contributed by atoms with van der Waals surface area (Å²) in [5, 5.41) is 11.5. The minimum atomic E-state index is -0.718. The second-order valence-electron chi connectivity index (χ2n) is 8.83. The van der Waals surface area contributed by atoms with Crippen LogP contribution in [0.5, 0.6) is 11.5 Å². The maximum Gasteiger partial charge on any atom is 0.223 e. The number of nitrogens with zero attached hydrogens (tertiary/aromatic N) is 1. The van der Waals surface area contributed by atoms with E-state index in [1.807, 2.05) is 41.3 Å². The Kier molecular flexibility index (Phi) is 6.51. The fourth-order valence-electron chi connectivity index (χ4n) is 5.45. The molecule has 5 heteroatoms. The van der Waals surface area contributed by atoms with Crippen molar-refractivity contribution in [3.05, 3.63) is 59.7 Å². The summed E-state index contributed by atoms with van der Waals surface area (Å²) >= 11 is 0. The molecule has 1 N–H and O–H groups in total. The molecule has 2 aliphatic rings. The van der Waals surface area contributed by atoms with E-state index in [4.69, 9.17) is 9.47 Å². The molecule has 2 aromatic rings. The second kappa shape index (κ2) is 9.31. The number of carbonyl (C=O) groups is 1. The number of benzene rings is 2. The molecule has 0 aromatic heterocycles. The summed E-state index contributed by atoms with van der Waals surface area (Å²) in [4.78, 5) is 15.4. The van der Waals surface area contributed by atoms with Crippen molar-refractivity contribution in [2.24, 2.45) is 5.92 Å². The van der Waals surface area contributed by atoms with Crippen LogP contribution in [0, 0.1) is 5.92 Å². The van der Waals surface area contributed by atoms with E-state index in [0.29, 0.717) is 25.1 Å². The van der Waals surface area contributed by atoms with Crippen LogP contribution in [0.4, 0.5) is 0 Å². The van der Waals surface area contributed by atoms with Crippen LogP contribution in [-0.2, 0) is 11.2 Å². The minimum absolute atomic E-state index is 0.0120. The summed E-state index contributed by atoms with van der Waals surface area (Å²) < 4.78 is 11.1. The Balaban J connectivity index is 1.66. The highest BCUT2D eigenvalue weighted by atomic mass is 16.5. The molecule has 1 aliphatic carbocycles. The van der Waals surface area contributed by atoms with E-state index in [9.17, 15) is 9.90 Å². The van der Waals surface area contributed by atoms with Crippen LogP contribution in [-0.4, -0.2) is 42.3 Å². The third-order valence-electron chi connectivity index (χ3n) is 7.12. The van der Waals surface area contributed by atoms with Gasteiger partial charge in [-0.05, 0) is 43.4 Å². The zero-order chi connectivity index (χ0) is 21.8. The van der Waals surface area contributed by atoms with Crippen molar-refractivity contribution in [2.45, 2.75) is 56.6 Å². The number of fused-ring (bicyclic) bond motifs is 1.